The average Bonchev–Trinajstić information content (AvgIpc) is 3.71. The Morgan fingerprint density at radius 3 is 1.69 bits per heavy atom. The van der Waals surface area contributed by atoms with Gasteiger partial charge in [-0.3, -0.25) is 20.2 Å². The number of nitrogens with zero attached hydrogens (tertiary/aromatic N) is 2. The van der Waals surface area contributed by atoms with Crippen LogP contribution in [0, 0.1) is 78.4 Å². The molecule has 4 aromatic carbocycles. The van der Waals surface area contributed by atoms with Crippen molar-refractivity contribution in [3.63, 3.8) is 0 Å². The van der Waals surface area contributed by atoms with Crippen LogP contribution in [0.2, 0.25) is 10.0 Å². The third-order valence-electron chi connectivity index (χ3n) is 18.1. The Labute approximate surface area is 496 Å². The summed E-state index contributed by atoms with van der Waals surface area (Å²) in [5.41, 5.74) is 2.11. The van der Waals surface area contributed by atoms with E-state index in [0.717, 1.165) is 54.8 Å². The number of rotatable bonds is 20. The van der Waals surface area contributed by atoms with E-state index in [1.54, 1.807) is 12.1 Å². The number of benzene rings is 4. The van der Waals surface area contributed by atoms with Gasteiger partial charge in [-0.25, -0.2) is 0 Å². The van der Waals surface area contributed by atoms with Gasteiger partial charge in [-0.05, 0) is 205 Å². The zero-order valence-corrected chi connectivity index (χ0v) is 50.2. The number of ether oxygens (including phenoxy) is 2. The molecule has 0 heterocycles. The van der Waals surface area contributed by atoms with Crippen LogP contribution >= 0.6 is 23.2 Å². The van der Waals surface area contributed by atoms with Crippen molar-refractivity contribution in [3.05, 3.63) is 143 Å². The van der Waals surface area contributed by atoms with E-state index in [1.165, 1.54) is 125 Å². The van der Waals surface area contributed by atoms with E-state index in [2.05, 4.69) is 34.6 Å². The molecule has 16 heteroatoms. The number of hydrogen-bond acceptors (Lipinski definition) is 10. The molecule has 0 spiro atoms. The second kappa shape index (κ2) is 26.0. The van der Waals surface area contributed by atoms with Gasteiger partial charge in [0.1, 0.15) is 24.7 Å². The number of aromatic carboxylic acids is 2. The van der Waals surface area contributed by atoms with E-state index in [1.807, 2.05) is 6.08 Å². The number of carboxylic acid groups (broad SMARTS) is 2. The number of fused-ring (bicyclic) bond motifs is 5. The molecule has 0 N–H and O–H groups in total. The molecule has 0 radical (unpaired) electrons. The van der Waals surface area contributed by atoms with Crippen LogP contribution < -0.4 is 78.8 Å². The van der Waals surface area contributed by atoms with Crippen molar-refractivity contribution in [2.45, 2.75) is 138 Å². The number of carbonyl (C=O) groups excluding carboxylic acids is 2. The summed E-state index contributed by atoms with van der Waals surface area (Å²) >= 11 is 13.7. The van der Waals surface area contributed by atoms with Gasteiger partial charge < -0.3 is 29.3 Å². The Balaban J connectivity index is 0.00000457. The molecule has 0 saturated heterocycles. The molecular weight excluding hydrogens is 1010 g/mol. The number of nitro groups is 2. The molecule has 12 nitrogen and oxygen atoms in total. The predicted octanol–water partition coefficient (Wildman–Crippen LogP) is 7.65. The van der Waals surface area contributed by atoms with Crippen molar-refractivity contribution in [1.82, 2.24) is 0 Å². The fraction of sp³-hybridized carbons (Fsp3) is 0.525. The zero-order chi connectivity index (χ0) is 52.4. The van der Waals surface area contributed by atoms with Crippen LogP contribution in [0.25, 0.3) is 5.57 Å². The van der Waals surface area contributed by atoms with E-state index in [9.17, 15) is 40.0 Å². The Morgan fingerprint density at radius 2 is 1.20 bits per heavy atom. The van der Waals surface area contributed by atoms with Crippen molar-refractivity contribution in [2.75, 3.05) is 0 Å². The third-order valence-corrected chi connectivity index (χ3v) is 18.7. The maximum Gasteiger partial charge on any atom is 1.00 e. The number of carboxylic acids is 2. The molecule has 0 aromatic heterocycles. The minimum atomic E-state index is -1.56. The summed E-state index contributed by atoms with van der Waals surface area (Å²) < 4.78 is 11.9. The quantitative estimate of drug-likeness (QED) is 0.0484. The van der Waals surface area contributed by atoms with Crippen LogP contribution in [0.3, 0.4) is 0 Å². The SMILES string of the molecule is CC(C)CCC[C@@H](C)[C@H]1CC[C@H]2[C@@H]3CC[C@H]4C[C@@H](CCC=C(c5cc(Cl)c(OCc6ccc([N+](=O)[O-])cc6)c(C(=O)[O-])c5)c5cc(Cl)c(OCc6ccc([N+](=O)[O-])cc6)c(C(=O)[O-])c5)CC[C@]4(C)[C@H]3CC[C@]12C.[Na+].[Na+]. The molecule has 9 atom stereocenters. The summed E-state index contributed by atoms with van der Waals surface area (Å²) in [6, 6.07) is 17.1. The molecule has 0 amide bonds. The Hall–Kier alpha value is -3.46. The Bertz CT molecular complexity index is 2610. The molecule has 0 unspecified atom stereocenters. The van der Waals surface area contributed by atoms with Crippen LogP contribution in [0.4, 0.5) is 11.4 Å². The van der Waals surface area contributed by atoms with Gasteiger partial charge in [0.25, 0.3) is 11.4 Å². The second-order valence-electron chi connectivity index (χ2n) is 22.7. The fourth-order valence-corrected chi connectivity index (χ4v) is 14.9. The monoisotopic (exact) mass is 1080 g/mol. The summed E-state index contributed by atoms with van der Waals surface area (Å²) in [5, 5.41) is 47.9. The minimum absolute atomic E-state index is 0. The molecule has 4 aliphatic carbocycles. The minimum Gasteiger partial charge on any atom is -0.545 e. The van der Waals surface area contributed by atoms with Crippen molar-refractivity contribution in [1.29, 1.82) is 0 Å². The molecule has 8 rings (SSSR count). The Morgan fingerprint density at radius 1 is 0.693 bits per heavy atom. The topological polar surface area (TPSA) is 185 Å². The van der Waals surface area contributed by atoms with E-state index >= 15 is 0 Å². The van der Waals surface area contributed by atoms with Crippen LogP contribution in [0.15, 0.2) is 78.9 Å². The summed E-state index contributed by atoms with van der Waals surface area (Å²) in [7, 11) is 0. The largest absolute Gasteiger partial charge is 1.00 e. The van der Waals surface area contributed by atoms with Gasteiger partial charge in [0, 0.05) is 35.4 Å². The number of allylic oxidation sites excluding steroid dienone is 1. The molecule has 0 bridgehead atoms. The molecular formula is C59H68Cl2N2Na2O10. The number of carbonyl (C=O) groups is 2. The number of hydrogen-bond donors (Lipinski definition) is 0. The third kappa shape index (κ3) is 13.5. The maximum atomic E-state index is 12.8. The standard InChI is InChI=1S/C59H70Cl2N2O10.2Na/c1-35(2)8-6-9-36(3)49-22-23-50-46-21-16-42-28-37(24-26-58(42,4)51(46)25-27-59(49,50)5)10-7-11-45(40-29-47(56(64)65)54(52(60)31-40)72-33-38-12-17-43(18-13-38)62(68)69)41-30-48(57(66)67)55(53(61)32-41)73-34-39-14-19-44(20-15-39)63(70)71;;/h11-15,17-20,29-32,35-37,42,46,49-51H,6-10,16,21-28,33-34H2,1-5H3,(H,64,65)(H,66,67);;/q;2*+1/p-2/t36-,37+,42+,46+,49-,50+,51+,58+,59-;;/m1../s1. The van der Waals surface area contributed by atoms with Crippen LogP contribution in [-0.4, -0.2) is 21.8 Å². The molecule has 4 aliphatic rings. The number of halogens is 2. The molecule has 75 heavy (non-hydrogen) atoms. The summed E-state index contributed by atoms with van der Waals surface area (Å²) in [5.74, 6) is 2.46. The first-order valence-electron chi connectivity index (χ1n) is 26.3. The number of non-ortho nitro benzene ring substituents is 2. The van der Waals surface area contributed by atoms with Crippen LogP contribution in [-0.2, 0) is 13.2 Å². The smallest absolute Gasteiger partial charge is 0.545 e. The van der Waals surface area contributed by atoms with Crippen LogP contribution in [0.5, 0.6) is 11.5 Å². The Kier molecular flexibility index (Phi) is 21.1. The van der Waals surface area contributed by atoms with Gasteiger partial charge in [-0.2, -0.15) is 0 Å². The van der Waals surface area contributed by atoms with Gasteiger partial charge in [-0.1, -0.05) is 83.2 Å². The van der Waals surface area contributed by atoms with Crippen molar-refractivity contribution in [3.8, 4) is 11.5 Å². The van der Waals surface area contributed by atoms with E-state index in [-0.39, 0.29) is 116 Å². The summed E-state index contributed by atoms with van der Waals surface area (Å²) in [4.78, 5) is 47.0. The van der Waals surface area contributed by atoms with E-state index in [0.29, 0.717) is 56.9 Å². The average molecular weight is 1080 g/mol. The maximum absolute atomic E-state index is 12.8. The zero-order valence-electron chi connectivity index (χ0n) is 44.7. The number of nitro benzene ring substituents is 2. The second-order valence-corrected chi connectivity index (χ2v) is 23.5. The van der Waals surface area contributed by atoms with E-state index in [4.69, 9.17) is 32.7 Å². The first kappa shape index (κ1) is 60.8. The van der Waals surface area contributed by atoms with Gasteiger partial charge >= 0.3 is 59.1 Å². The molecule has 4 aromatic rings. The van der Waals surface area contributed by atoms with E-state index < -0.39 is 21.8 Å². The normalized spacial score (nSPS) is 25.0. The molecule has 4 saturated carbocycles. The van der Waals surface area contributed by atoms with Crippen LogP contribution in [0.1, 0.15) is 167 Å². The molecule has 4 fully saturated rings. The van der Waals surface area contributed by atoms with Gasteiger partial charge in [0.2, 0.25) is 0 Å². The fourth-order valence-electron chi connectivity index (χ4n) is 14.3. The first-order valence-corrected chi connectivity index (χ1v) is 27.1. The van der Waals surface area contributed by atoms with Gasteiger partial charge in [-0.15, -0.1) is 0 Å². The van der Waals surface area contributed by atoms with Gasteiger partial charge in [0.05, 0.1) is 31.8 Å². The molecule has 390 valence electrons. The predicted molar refractivity (Wildman–Crippen MR) is 279 cm³/mol. The van der Waals surface area contributed by atoms with Crippen molar-refractivity contribution < 1.29 is 98.2 Å². The first-order chi connectivity index (χ1) is 34.8. The molecule has 0 aliphatic heterocycles. The summed E-state index contributed by atoms with van der Waals surface area (Å²) in [6.07, 6.45) is 19.0. The van der Waals surface area contributed by atoms with Crippen molar-refractivity contribution >= 4 is 52.1 Å². The van der Waals surface area contributed by atoms with Gasteiger partial charge in [0.15, 0.2) is 0 Å². The van der Waals surface area contributed by atoms with Crippen molar-refractivity contribution in [2.24, 2.45) is 58.2 Å². The summed E-state index contributed by atoms with van der Waals surface area (Å²) in [6.45, 7) is 12.2.